The molecular formula is C15H21N3O2. The zero-order chi connectivity index (χ0) is 13.8. The van der Waals surface area contributed by atoms with Gasteiger partial charge in [-0.2, -0.15) is 0 Å². The maximum atomic E-state index is 5.41. The Morgan fingerprint density at radius 1 is 1.35 bits per heavy atom. The lowest BCUT2D eigenvalue weighted by atomic mass is 10.3. The molecule has 2 heterocycles. The average molecular weight is 275 g/mol. The Labute approximate surface area is 118 Å². The van der Waals surface area contributed by atoms with Gasteiger partial charge in [0.1, 0.15) is 5.76 Å². The van der Waals surface area contributed by atoms with Gasteiger partial charge in [-0.1, -0.05) is 12.1 Å². The molecule has 5 heteroatoms. The first kappa shape index (κ1) is 13.4. The number of hydrogen-bond donors (Lipinski definition) is 1. The van der Waals surface area contributed by atoms with E-state index in [1.165, 1.54) is 12.8 Å². The first-order chi connectivity index (χ1) is 9.83. The molecule has 0 saturated heterocycles. The van der Waals surface area contributed by atoms with Crippen LogP contribution in [0.4, 0.5) is 0 Å². The monoisotopic (exact) mass is 275 g/mol. The minimum atomic E-state index is 0.696. The van der Waals surface area contributed by atoms with Gasteiger partial charge in [-0.25, -0.2) is 0 Å². The molecule has 2 aromatic rings. The maximum absolute atomic E-state index is 5.41. The second-order valence-electron chi connectivity index (χ2n) is 5.32. The largest absolute Gasteiger partial charge is 0.468 e. The molecule has 0 bridgehead atoms. The zero-order valence-corrected chi connectivity index (χ0v) is 11.8. The third-order valence-corrected chi connectivity index (χ3v) is 3.54. The van der Waals surface area contributed by atoms with Gasteiger partial charge >= 0.3 is 0 Å². The Hall–Kier alpha value is -1.59. The lowest BCUT2D eigenvalue weighted by Gasteiger charge is -2.16. The van der Waals surface area contributed by atoms with Gasteiger partial charge in [0.05, 0.1) is 25.0 Å². The summed E-state index contributed by atoms with van der Waals surface area (Å²) in [6.07, 6.45) is 4.29. The van der Waals surface area contributed by atoms with Gasteiger partial charge in [-0.05, 0) is 31.5 Å². The van der Waals surface area contributed by atoms with Crippen LogP contribution >= 0.6 is 0 Å². The molecular weight excluding hydrogens is 254 g/mol. The van der Waals surface area contributed by atoms with E-state index in [1.54, 1.807) is 6.26 Å². The first-order valence-electron chi connectivity index (χ1n) is 7.26. The molecule has 0 amide bonds. The predicted octanol–water partition coefficient (Wildman–Crippen LogP) is 2.54. The Balaban J connectivity index is 1.52. The summed E-state index contributed by atoms with van der Waals surface area (Å²) < 4.78 is 10.8. The van der Waals surface area contributed by atoms with Crippen LogP contribution in [0.3, 0.4) is 0 Å². The van der Waals surface area contributed by atoms with Crippen molar-refractivity contribution in [3.8, 4) is 0 Å². The van der Waals surface area contributed by atoms with Crippen LogP contribution in [0.1, 0.15) is 37.0 Å². The standard InChI is InChI=1S/C15H21N3O2/c1-2-18(10-14-4-3-7-19-14)11-15-8-13(17-20-15)9-16-12-5-6-12/h3-4,7-8,12,16H,2,5-6,9-11H2,1H3. The molecule has 0 aliphatic heterocycles. The zero-order valence-electron chi connectivity index (χ0n) is 11.8. The lowest BCUT2D eigenvalue weighted by Crippen LogP contribution is -2.21. The molecule has 0 aromatic carbocycles. The van der Waals surface area contributed by atoms with Crippen molar-refractivity contribution < 1.29 is 8.94 Å². The quantitative estimate of drug-likeness (QED) is 0.802. The van der Waals surface area contributed by atoms with Crippen LogP contribution < -0.4 is 5.32 Å². The van der Waals surface area contributed by atoms with Crippen LogP contribution in [-0.4, -0.2) is 22.6 Å². The second kappa shape index (κ2) is 6.24. The van der Waals surface area contributed by atoms with Crippen LogP contribution in [0.2, 0.25) is 0 Å². The van der Waals surface area contributed by atoms with E-state index in [-0.39, 0.29) is 0 Å². The van der Waals surface area contributed by atoms with E-state index < -0.39 is 0 Å². The summed E-state index contributed by atoms with van der Waals surface area (Å²) >= 11 is 0. The summed E-state index contributed by atoms with van der Waals surface area (Å²) in [7, 11) is 0. The average Bonchev–Trinajstić information content (AvgIpc) is 2.96. The molecule has 1 aliphatic rings. The van der Waals surface area contributed by atoms with E-state index in [0.29, 0.717) is 6.04 Å². The highest BCUT2D eigenvalue weighted by Gasteiger charge is 2.20. The van der Waals surface area contributed by atoms with E-state index in [2.05, 4.69) is 22.3 Å². The molecule has 0 spiro atoms. The molecule has 2 aromatic heterocycles. The number of aromatic nitrogens is 1. The highest BCUT2D eigenvalue weighted by molar-refractivity contribution is 5.06. The lowest BCUT2D eigenvalue weighted by molar-refractivity contribution is 0.217. The number of hydrogen-bond acceptors (Lipinski definition) is 5. The van der Waals surface area contributed by atoms with Gasteiger partial charge in [0.15, 0.2) is 5.76 Å². The van der Waals surface area contributed by atoms with Crippen molar-refractivity contribution >= 4 is 0 Å². The molecule has 5 nitrogen and oxygen atoms in total. The molecule has 0 atom stereocenters. The molecule has 1 N–H and O–H groups in total. The fraction of sp³-hybridized carbons (Fsp3) is 0.533. The summed E-state index contributed by atoms with van der Waals surface area (Å²) in [6.45, 7) is 5.43. The molecule has 108 valence electrons. The maximum Gasteiger partial charge on any atom is 0.151 e. The normalized spacial score (nSPS) is 15.1. The Kier molecular flexibility index (Phi) is 4.18. The summed E-state index contributed by atoms with van der Waals surface area (Å²) in [6, 6.07) is 6.65. The number of nitrogens with one attached hydrogen (secondary N) is 1. The van der Waals surface area contributed by atoms with E-state index >= 15 is 0 Å². The van der Waals surface area contributed by atoms with Gasteiger partial charge in [0.2, 0.25) is 0 Å². The fourth-order valence-electron chi connectivity index (χ4n) is 2.17. The molecule has 3 rings (SSSR count). The van der Waals surface area contributed by atoms with Crippen molar-refractivity contribution in [2.45, 2.75) is 45.4 Å². The topological polar surface area (TPSA) is 54.4 Å². The SMILES string of the molecule is CCN(Cc1ccco1)Cc1cc(CNC2CC2)no1. The summed E-state index contributed by atoms with van der Waals surface area (Å²) in [5, 5.41) is 7.55. The first-order valence-corrected chi connectivity index (χ1v) is 7.26. The summed E-state index contributed by atoms with van der Waals surface area (Å²) in [4.78, 5) is 2.26. The summed E-state index contributed by atoms with van der Waals surface area (Å²) in [5.74, 6) is 1.88. The van der Waals surface area contributed by atoms with Crippen molar-refractivity contribution in [1.29, 1.82) is 0 Å². The molecule has 0 radical (unpaired) electrons. The number of nitrogens with zero attached hydrogens (tertiary/aromatic N) is 2. The smallest absolute Gasteiger partial charge is 0.151 e. The Morgan fingerprint density at radius 2 is 2.20 bits per heavy atom. The predicted molar refractivity (Wildman–Crippen MR) is 74.9 cm³/mol. The van der Waals surface area contributed by atoms with Gasteiger partial charge < -0.3 is 14.3 Å². The fourth-order valence-corrected chi connectivity index (χ4v) is 2.17. The third kappa shape index (κ3) is 3.71. The van der Waals surface area contributed by atoms with Crippen LogP contribution in [0, 0.1) is 0 Å². The van der Waals surface area contributed by atoms with Crippen molar-refractivity contribution in [1.82, 2.24) is 15.4 Å². The molecule has 1 aliphatic carbocycles. The van der Waals surface area contributed by atoms with Crippen LogP contribution in [-0.2, 0) is 19.6 Å². The van der Waals surface area contributed by atoms with Crippen molar-refractivity contribution in [2.24, 2.45) is 0 Å². The number of rotatable bonds is 8. The molecule has 1 saturated carbocycles. The Morgan fingerprint density at radius 3 is 2.90 bits per heavy atom. The highest BCUT2D eigenvalue weighted by atomic mass is 16.5. The van der Waals surface area contributed by atoms with Crippen LogP contribution in [0.25, 0.3) is 0 Å². The molecule has 20 heavy (non-hydrogen) atoms. The van der Waals surface area contributed by atoms with Crippen LogP contribution in [0.5, 0.6) is 0 Å². The minimum Gasteiger partial charge on any atom is -0.468 e. The third-order valence-electron chi connectivity index (χ3n) is 3.54. The van der Waals surface area contributed by atoms with Crippen molar-refractivity contribution in [3.05, 3.63) is 41.7 Å². The Bertz CT molecular complexity index is 517. The number of furan rings is 1. The van der Waals surface area contributed by atoms with Gasteiger partial charge in [0, 0.05) is 18.7 Å². The summed E-state index contributed by atoms with van der Waals surface area (Å²) in [5.41, 5.74) is 0.987. The van der Waals surface area contributed by atoms with E-state index in [4.69, 9.17) is 8.94 Å². The molecule has 1 fully saturated rings. The molecule has 0 unspecified atom stereocenters. The van der Waals surface area contributed by atoms with Gasteiger partial charge in [0.25, 0.3) is 0 Å². The van der Waals surface area contributed by atoms with Crippen LogP contribution in [0.15, 0.2) is 33.4 Å². The second-order valence-corrected chi connectivity index (χ2v) is 5.32. The van der Waals surface area contributed by atoms with E-state index in [1.807, 2.05) is 18.2 Å². The van der Waals surface area contributed by atoms with Gasteiger partial charge in [-0.3, -0.25) is 4.90 Å². The highest BCUT2D eigenvalue weighted by Crippen LogP contribution is 2.19. The minimum absolute atomic E-state index is 0.696. The van der Waals surface area contributed by atoms with Gasteiger partial charge in [-0.15, -0.1) is 0 Å². The van der Waals surface area contributed by atoms with Crippen molar-refractivity contribution in [2.75, 3.05) is 6.54 Å². The van der Waals surface area contributed by atoms with E-state index in [0.717, 1.165) is 43.4 Å². The van der Waals surface area contributed by atoms with E-state index in [9.17, 15) is 0 Å². The van der Waals surface area contributed by atoms with Crippen molar-refractivity contribution in [3.63, 3.8) is 0 Å².